The smallest absolute Gasteiger partial charge is 0.160 e. The number of aromatic nitrogens is 2. The highest BCUT2D eigenvalue weighted by Gasteiger charge is 2.37. The van der Waals surface area contributed by atoms with Gasteiger partial charge in [0, 0.05) is 22.1 Å². The van der Waals surface area contributed by atoms with Crippen molar-refractivity contribution in [1.29, 1.82) is 0 Å². The Morgan fingerprint density at radius 1 is 0.322 bits per heavy atom. The van der Waals surface area contributed by atoms with E-state index in [1.807, 2.05) is 6.07 Å². The second kappa shape index (κ2) is 12.8. The third-order valence-corrected chi connectivity index (χ3v) is 12.8. The third kappa shape index (κ3) is 5.13. The standard InChI is InChI=1S/C57H38N2/c1-57(2)52-33-37(25-28-48(52)50-29-24-35-14-6-7-17-40(35)55(50)57)39-30-31-49(45-22-12-8-18-41(39)45)54-34-53(58-56(59-54)36-15-4-3-5-16-36)38-26-27-47-44-21-10-9-19-42(44)43-20-11-13-23-46(43)51(47)32-38/h3-34H,1-2H3. The van der Waals surface area contributed by atoms with Crippen molar-refractivity contribution in [2.45, 2.75) is 19.3 Å². The van der Waals surface area contributed by atoms with E-state index in [1.54, 1.807) is 0 Å². The minimum absolute atomic E-state index is 0.134. The first-order valence-electron chi connectivity index (χ1n) is 20.5. The molecule has 1 heterocycles. The van der Waals surface area contributed by atoms with Gasteiger partial charge in [0.15, 0.2) is 5.82 Å². The second-order valence-electron chi connectivity index (χ2n) is 16.5. The summed E-state index contributed by atoms with van der Waals surface area (Å²) in [6, 6.07) is 70.6. The van der Waals surface area contributed by atoms with E-state index in [-0.39, 0.29) is 5.41 Å². The highest BCUT2D eigenvalue weighted by atomic mass is 14.9. The average molecular weight is 751 g/mol. The highest BCUT2D eigenvalue weighted by Crippen LogP contribution is 2.52. The van der Waals surface area contributed by atoms with Gasteiger partial charge in [0.05, 0.1) is 11.4 Å². The highest BCUT2D eigenvalue weighted by molar-refractivity contribution is 6.25. The van der Waals surface area contributed by atoms with E-state index in [0.717, 1.165) is 28.1 Å². The molecule has 0 saturated carbocycles. The third-order valence-electron chi connectivity index (χ3n) is 12.8. The summed E-state index contributed by atoms with van der Waals surface area (Å²) in [6.07, 6.45) is 0. The van der Waals surface area contributed by atoms with E-state index in [4.69, 9.17) is 9.97 Å². The van der Waals surface area contributed by atoms with Gasteiger partial charge in [0.25, 0.3) is 0 Å². The Kier molecular flexibility index (Phi) is 7.31. The predicted octanol–water partition coefficient (Wildman–Crippen LogP) is 15.2. The van der Waals surface area contributed by atoms with Crippen LogP contribution in [0.3, 0.4) is 0 Å². The largest absolute Gasteiger partial charge is 0.228 e. The summed E-state index contributed by atoms with van der Waals surface area (Å²) in [5, 5.41) is 12.5. The van der Waals surface area contributed by atoms with Gasteiger partial charge in [-0.15, -0.1) is 0 Å². The van der Waals surface area contributed by atoms with Crippen molar-refractivity contribution >= 4 is 53.9 Å². The van der Waals surface area contributed by atoms with Crippen molar-refractivity contribution in [1.82, 2.24) is 9.97 Å². The zero-order valence-electron chi connectivity index (χ0n) is 32.9. The number of hydrogen-bond acceptors (Lipinski definition) is 2. The normalized spacial score (nSPS) is 13.1. The van der Waals surface area contributed by atoms with Gasteiger partial charge in [-0.3, -0.25) is 0 Å². The van der Waals surface area contributed by atoms with Crippen molar-refractivity contribution in [3.8, 4) is 56.2 Å². The monoisotopic (exact) mass is 750 g/mol. The molecular weight excluding hydrogens is 713 g/mol. The fourth-order valence-electron chi connectivity index (χ4n) is 10.1. The molecule has 10 aromatic carbocycles. The van der Waals surface area contributed by atoms with Crippen LogP contribution >= 0.6 is 0 Å². The molecule has 0 bridgehead atoms. The van der Waals surface area contributed by atoms with Gasteiger partial charge in [-0.1, -0.05) is 190 Å². The van der Waals surface area contributed by atoms with Crippen LogP contribution in [-0.2, 0) is 5.41 Å². The van der Waals surface area contributed by atoms with Crippen molar-refractivity contribution in [2.24, 2.45) is 0 Å². The number of rotatable bonds is 4. The van der Waals surface area contributed by atoms with Gasteiger partial charge in [-0.2, -0.15) is 0 Å². The minimum Gasteiger partial charge on any atom is -0.228 e. The maximum absolute atomic E-state index is 5.31. The van der Waals surface area contributed by atoms with Crippen LogP contribution in [0.4, 0.5) is 0 Å². The van der Waals surface area contributed by atoms with Crippen molar-refractivity contribution in [2.75, 3.05) is 0 Å². The van der Waals surface area contributed by atoms with Crippen molar-refractivity contribution < 1.29 is 0 Å². The van der Waals surface area contributed by atoms with Gasteiger partial charge in [-0.25, -0.2) is 9.97 Å². The van der Waals surface area contributed by atoms with Crippen LogP contribution in [0.5, 0.6) is 0 Å². The van der Waals surface area contributed by atoms with Crippen LogP contribution in [0.1, 0.15) is 25.0 Å². The van der Waals surface area contributed by atoms with Crippen LogP contribution in [0.2, 0.25) is 0 Å². The Bertz CT molecular complexity index is 3490. The lowest BCUT2D eigenvalue weighted by molar-refractivity contribution is 0.666. The molecule has 59 heavy (non-hydrogen) atoms. The summed E-state index contributed by atoms with van der Waals surface area (Å²) in [5.41, 5.74) is 12.7. The molecule has 0 amide bonds. The first kappa shape index (κ1) is 33.7. The molecule has 0 spiro atoms. The summed E-state index contributed by atoms with van der Waals surface area (Å²) in [7, 11) is 0. The maximum atomic E-state index is 5.31. The molecule has 0 saturated heterocycles. The number of hydrogen-bond donors (Lipinski definition) is 0. The number of benzene rings is 10. The topological polar surface area (TPSA) is 25.8 Å². The maximum Gasteiger partial charge on any atom is 0.160 e. The van der Waals surface area contributed by atoms with E-state index in [1.165, 1.54) is 87.2 Å². The van der Waals surface area contributed by atoms with Crippen LogP contribution in [-0.4, -0.2) is 9.97 Å². The van der Waals surface area contributed by atoms with Gasteiger partial charge < -0.3 is 0 Å². The molecule has 12 rings (SSSR count). The fourth-order valence-corrected chi connectivity index (χ4v) is 10.1. The fraction of sp³-hybridized carbons (Fsp3) is 0.0526. The van der Waals surface area contributed by atoms with Crippen LogP contribution in [0.25, 0.3) is 110 Å². The molecule has 276 valence electrons. The molecule has 0 aliphatic heterocycles. The van der Waals surface area contributed by atoms with Crippen LogP contribution < -0.4 is 0 Å². The van der Waals surface area contributed by atoms with E-state index in [0.29, 0.717) is 5.82 Å². The Morgan fingerprint density at radius 3 is 1.58 bits per heavy atom. The quantitative estimate of drug-likeness (QED) is 0.167. The van der Waals surface area contributed by atoms with E-state index in [9.17, 15) is 0 Å². The number of fused-ring (bicyclic) bond motifs is 12. The molecule has 0 radical (unpaired) electrons. The molecule has 0 N–H and O–H groups in total. The molecule has 1 aliphatic rings. The summed E-state index contributed by atoms with van der Waals surface area (Å²) in [4.78, 5) is 10.6. The summed E-state index contributed by atoms with van der Waals surface area (Å²) in [5.74, 6) is 0.711. The van der Waals surface area contributed by atoms with Gasteiger partial charge in [0.2, 0.25) is 0 Å². The molecule has 0 atom stereocenters. The predicted molar refractivity (Wildman–Crippen MR) is 249 cm³/mol. The summed E-state index contributed by atoms with van der Waals surface area (Å²) < 4.78 is 0. The zero-order valence-corrected chi connectivity index (χ0v) is 32.9. The van der Waals surface area contributed by atoms with Gasteiger partial charge >= 0.3 is 0 Å². The lowest BCUT2D eigenvalue weighted by atomic mass is 9.79. The van der Waals surface area contributed by atoms with E-state index in [2.05, 4.69) is 202 Å². The lowest BCUT2D eigenvalue weighted by Gasteiger charge is -2.24. The van der Waals surface area contributed by atoms with E-state index < -0.39 is 0 Å². The second-order valence-corrected chi connectivity index (χ2v) is 16.5. The zero-order chi connectivity index (χ0) is 39.2. The van der Waals surface area contributed by atoms with Gasteiger partial charge in [0.1, 0.15) is 0 Å². The lowest BCUT2D eigenvalue weighted by Crippen LogP contribution is -2.15. The SMILES string of the molecule is CC1(C)c2cc(-c3ccc(-c4cc(-c5ccc6c7ccccc7c7ccccc7c6c5)nc(-c5ccccc5)n4)c4ccccc34)ccc2-c2ccc3ccccc3c21. The van der Waals surface area contributed by atoms with Gasteiger partial charge in [-0.05, 0) is 105 Å². The Hall–Kier alpha value is -7.42. The molecule has 2 nitrogen and oxygen atoms in total. The molecule has 0 unspecified atom stereocenters. The molecule has 1 aromatic heterocycles. The first-order valence-corrected chi connectivity index (χ1v) is 20.5. The molecule has 11 aromatic rings. The Labute approximate surface area is 343 Å². The van der Waals surface area contributed by atoms with Crippen molar-refractivity contribution in [3.63, 3.8) is 0 Å². The molecule has 1 aliphatic carbocycles. The van der Waals surface area contributed by atoms with Crippen molar-refractivity contribution in [3.05, 3.63) is 205 Å². The Balaban J connectivity index is 1.03. The average Bonchev–Trinajstić information content (AvgIpc) is 3.54. The molecule has 2 heteroatoms. The summed E-state index contributed by atoms with van der Waals surface area (Å²) >= 11 is 0. The Morgan fingerprint density at radius 2 is 0.847 bits per heavy atom. The molecular formula is C57H38N2. The molecule has 0 fully saturated rings. The van der Waals surface area contributed by atoms with Crippen LogP contribution in [0, 0.1) is 0 Å². The van der Waals surface area contributed by atoms with Crippen LogP contribution in [0.15, 0.2) is 194 Å². The summed E-state index contributed by atoms with van der Waals surface area (Å²) in [6.45, 7) is 4.76. The minimum atomic E-state index is -0.134. The van der Waals surface area contributed by atoms with E-state index >= 15 is 0 Å². The number of nitrogens with zero attached hydrogens (tertiary/aromatic N) is 2. The first-order chi connectivity index (χ1) is 29.0.